The summed E-state index contributed by atoms with van der Waals surface area (Å²) in [6.45, 7) is 8.30. The van der Waals surface area contributed by atoms with E-state index in [9.17, 15) is 4.79 Å². The molecule has 3 heteroatoms. The van der Waals surface area contributed by atoms with E-state index in [1.54, 1.807) is 6.20 Å². The predicted molar refractivity (Wildman–Crippen MR) is 60.8 cm³/mol. The molecular weight excluding hydrogens is 188 g/mol. The zero-order chi connectivity index (χ0) is 11.6. The summed E-state index contributed by atoms with van der Waals surface area (Å²) >= 11 is 0. The quantitative estimate of drug-likeness (QED) is 0.805. The Hall–Kier alpha value is -1.38. The van der Waals surface area contributed by atoms with Crippen molar-refractivity contribution in [1.82, 2.24) is 4.98 Å². The number of pyridine rings is 1. The van der Waals surface area contributed by atoms with Gasteiger partial charge in [0.1, 0.15) is 0 Å². The van der Waals surface area contributed by atoms with E-state index in [0.29, 0.717) is 5.56 Å². The molecule has 0 aliphatic heterocycles. The fourth-order valence-electron chi connectivity index (χ4n) is 1.42. The van der Waals surface area contributed by atoms with Gasteiger partial charge >= 0.3 is 0 Å². The molecule has 1 aromatic rings. The van der Waals surface area contributed by atoms with E-state index >= 15 is 0 Å². The second-order valence-electron chi connectivity index (χ2n) is 4.69. The summed E-state index contributed by atoms with van der Waals surface area (Å²) in [5.74, 6) is -0.403. The van der Waals surface area contributed by atoms with Crippen LogP contribution in [-0.4, -0.2) is 10.9 Å². The van der Waals surface area contributed by atoms with Gasteiger partial charge in [0.25, 0.3) is 5.91 Å². The maximum absolute atomic E-state index is 11.1. The second kappa shape index (κ2) is 4.01. The van der Waals surface area contributed by atoms with E-state index in [1.165, 1.54) is 0 Å². The minimum absolute atomic E-state index is 0.0000954. The maximum atomic E-state index is 11.1. The molecular formula is C12H18N2O. The molecule has 0 radical (unpaired) electrons. The highest BCUT2D eigenvalue weighted by Gasteiger charge is 2.17. The smallest absolute Gasteiger partial charge is 0.250 e. The number of primary amides is 1. The summed E-state index contributed by atoms with van der Waals surface area (Å²) in [7, 11) is 0. The van der Waals surface area contributed by atoms with E-state index in [0.717, 1.165) is 17.7 Å². The third kappa shape index (κ3) is 2.55. The first kappa shape index (κ1) is 11.7. The molecule has 0 unspecified atom stereocenters. The number of amides is 1. The molecule has 15 heavy (non-hydrogen) atoms. The van der Waals surface area contributed by atoms with Gasteiger partial charge in [-0.25, -0.2) is 0 Å². The van der Waals surface area contributed by atoms with Gasteiger partial charge in [0.05, 0.1) is 5.56 Å². The Kier molecular flexibility index (Phi) is 3.12. The van der Waals surface area contributed by atoms with Gasteiger partial charge in [-0.2, -0.15) is 0 Å². The van der Waals surface area contributed by atoms with Crippen molar-refractivity contribution >= 4 is 5.91 Å². The number of aromatic nitrogens is 1. The van der Waals surface area contributed by atoms with E-state index < -0.39 is 5.91 Å². The van der Waals surface area contributed by atoms with E-state index in [2.05, 4.69) is 25.8 Å². The van der Waals surface area contributed by atoms with Crippen LogP contribution in [0, 0.1) is 0 Å². The van der Waals surface area contributed by atoms with Gasteiger partial charge in [-0.15, -0.1) is 0 Å². The Balaban J connectivity index is 3.25. The van der Waals surface area contributed by atoms with Gasteiger partial charge in [0.2, 0.25) is 0 Å². The Labute approximate surface area is 90.7 Å². The van der Waals surface area contributed by atoms with Gasteiger partial charge in [0, 0.05) is 17.3 Å². The van der Waals surface area contributed by atoms with Crippen molar-refractivity contribution in [3.05, 3.63) is 29.1 Å². The predicted octanol–water partition coefficient (Wildman–Crippen LogP) is 2.04. The van der Waals surface area contributed by atoms with Crippen molar-refractivity contribution in [2.45, 2.75) is 39.5 Å². The van der Waals surface area contributed by atoms with Gasteiger partial charge in [-0.3, -0.25) is 9.78 Å². The molecule has 0 aromatic carbocycles. The van der Waals surface area contributed by atoms with Gasteiger partial charge in [-0.1, -0.05) is 27.7 Å². The first-order valence-electron chi connectivity index (χ1n) is 5.15. The van der Waals surface area contributed by atoms with Crippen molar-refractivity contribution in [3.8, 4) is 0 Å². The van der Waals surface area contributed by atoms with Crippen LogP contribution >= 0.6 is 0 Å². The van der Waals surface area contributed by atoms with Crippen molar-refractivity contribution < 1.29 is 4.79 Å². The molecule has 0 aliphatic carbocycles. The molecule has 1 heterocycles. The van der Waals surface area contributed by atoms with Gasteiger partial charge < -0.3 is 5.73 Å². The molecule has 2 N–H and O–H groups in total. The second-order valence-corrected chi connectivity index (χ2v) is 4.69. The minimum atomic E-state index is -0.403. The molecule has 0 fully saturated rings. The van der Waals surface area contributed by atoms with Crippen LogP contribution in [0.25, 0.3) is 0 Å². The van der Waals surface area contributed by atoms with Crippen LogP contribution in [0.5, 0.6) is 0 Å². The van der Waals surface area contributed by atoms with Crippen LogP contribution in [-0.2, 0) is 11.8 Å². The number of hydrogen-bond donors (Lipinski definition) is 1. The number of carbonyl (C=O) groups is 1. The summed E-state index contributed by atoms with van der Waals surface area (Å²) in [4.78, 5) is 15.4. The maximum Gasteiger partial charge on any atom is 0.250 e. The molecule has 0 saturated carbocycles. The molecule has 0 saturated heterocycles. The largest absolute Gasteiger partial charge is 0.366 e. The van der Waals surface area contributed by atoms with Gasteiger partial charge in [0.15, 0.2) is 0 Å². The number of carbonyl (C=O) groups excluding carboxylic acids is 1. The minimum Gasteiger partial charge on any atom is -0.366 e. The lowest BCUT2D eigenvalue weighted by Gasteiger charge is -2.19. The van der Waals surface area contributed by atoms with Crippen LogP contribution in [0.1, 0.15) is 49.3 Å². The fourth-order valence-corrected chi connectivity index (χ4v) is 1.42. The third-order valence-corrected chi connectivity index (χ3v) is 2.40. The van der Waals surface area contributed by atoms with E-state index in [1.807, 2.05) is 13.0 Å². The zero-order valence-corrected chi connectivity index (χ0v) is 9.79. The van der Waals surface area contributed by atoms with Crippen LogP contribution in [0.4, 0.5) is 0 Å². The molecule has 0 bridgehead atoms. The molecule has 1 aromatic heterocycles. The monoisotopic (exact) mass is 206 g/mol. The average molecular weight is 206 g/mol. The van der Waals surface area contributed by atoms with Crippen LogP contribution in [0.3, 0.4) is 0 Å². The molecule has 3 nitrogen and oxygen atoms in total. The van der Waals surface area contributed by atoms with Crippen LogP contribution < -0.4 is 5.73 Å². The Bertz CT molecular complexity index is 378. The highest BCUT2D eigenvalue weighted by molar-refractivity contribution is 5.94. The topological polar surface area (TPSA) is 56.0 Å². The van der Waals surface area contributed by atoms with Gasteiger partial charge in [-0.05, 0) is 18.1 Å². The lowest BCUT2D eigenvalue weighted by molar-refractivity contribution is 0.0999. The van der Waals surface area contributed by atoms with Crippen molar-refractivity contribution in [1.29, 1.82) is 0 Å². The molecule has 1 rings (SSSR count). The van der Waals surface area contributed by atoms with E-state index in [4.69, 9.17) is 5.73 Å². The normalized spacial score (nSPS) is 11.5. The van der Waals surface area contributed by atoms with Crippen molar-refractivity contribution in [3.63, 3.8) is 0 Å². The van der Waals surface area contributed by atoms with Crippen molar-refractivity contribution in [2.75, 3.05) is 0 Å². The number of nitrogens with zero attached hydrogens (tertiary/aromatic N) is 1. The Morgan fingerprint density at radius 3 is 2.47 bits per heavy atom. The summed E-state index contributed by atoms with van der Waals surface area (Å²) in [5.41, 5.74) is 7.77. The highest BCUT2D eigenvalue weighted by Crippen LogP contribution is 2.22. The number of hydrogen-bond acceptors (Lipinski definition) is 2. The highest BCUT2D eigenvalue weighted by atomic mass is 16.1. The summed E-state index contributed by atoms with van der Waals surface area (Å²) in [5, 5.41) is 0. The summed E-state index contributed by atoms with van der Waals surface area (Å²) < 4.78 is 0. The number of aryl methyl sites for hydroxylation is 1. The van der Waals surface area contributed by atoms with E-state index in [-0.39, 0.29) is 5.41 Å². The molecule has 0 aliphatic rings. The SMILES string of the molecule is CCc1cc(C(C)(C)C)ncc1C(N)=O. The molecule has 1 amide bonds. The number of nitrogens with two attached hydrogens (primary N) is 1. The first-order valence-corrected chi connectivity index (χ1v) is 5.15. The standard InChI is InChI=1S/C12H18N2O/c1-5-8-6-10(12(2,3)4)14-7-9(8)11(13)15/h6-7H,5H2,1-4H3,(H2,13,15). The first-order chi connectivity index (χ1) is 6.86. The van der Waals surface area contributed by atoms with Crippen LogP contribution in [0.2, 0.25) is 0 Å². The lowest BCUT2D eigenvalue weighted by atomic mass is 9.89. The zero-order valence-electron chi connectivity index (χ0n) is 9.79. The molecule has 82 valence electrons. The Morgan fingerprint density at radius 1 is 1.47 bits per heavy atom. The Morgan fingerprint density at radius 2 is 2.07 bits per heavy atom. The van der Waals surface area contributed by atoms with Crippen molar-refractivity contribution in [2.24, 2.45) is 5.73 Å². The number of rotatable bonds is 2. The lowest BCUT2D eigenvalue weighted by Crippen LogP contribution is -2.18. The molecule has 0 atom stereocenters. The fraction of sp³-hybridized carbons (Fsp3) is 0.500. The third-order valence-electron chi connectivity index (χ3n) is 2.40. The summed E-state index contributed by atoms with van der Waals surface area (Å²) in [6.07, 6.45) is 2.38. The molecule has 0 spiro atoms. The van der Waals surface area contributed by atoms with Crippen LogP contribution in [0.15, 0.2) is 12.3 Å². The summed E-state index contributed by atoms with van der Waals surface area (Å²) in [6, 6.07) is 1.97. The average Bonchev–Trinajstić information content (AvgIpc) is 2.15.